The topological polar surface area (TPSA) is 119 Å². The van der Waals surface area contributed by atoms with E-state index >= 15 is 0 Å². The number of nitroso groups, excluding NO2 is 1. The molecule has 1 rings (SSSR count). The van der Waals surface area contributed by atoms with Gasteiger partial charge in [0.05, 0.1) is 5.29 Å². The summed E-state index contributed by atoms with van der Waals surface area (Å²) in [5, 5.41) is 2.35. The molecule has 0 saturated carbocycles. The summed E-state index contributed by atoms with van der Waals surface area (Å²) in [5.74, 6) is 0.366. The summed E-state index contributed by atoms with van der Waals surface area (Å²) < 4.78 is 0. The molecule has 0 spiro atoms. The molecule has 0 aromatic carbocycles. The molecule has 1 aromatic heterocycles. The maximum atomic E-state index is 9.67. The molecule has 7 nitrogen and oxygen atoms in total. The smallest absolute Gasteiger partial charge is 0.250 e. The van der Waals surface area contributed by atoms with Crippen LogP contribution in [0.15, 0.2) is 11.4 Å². The highest BCUT2D eigenvalue weighted by Crippen LogP contribution is 2.07. The van der Waals surface area contributed by atoms with E-state index in [1.165, 1.54) is 6.07 Å². The van der Waals surface area contributed by atoms with E-state index in [-0.39, 0.29) is 17.6 Å². The van der Waals surface area contributed by atoms with Crippen LogP contribution < -0.4 is 16.9 Å². The maximum Gasteiger partial charge on any atom is 0.250 e. The van der Waals surface area contributed by atoms with E-state index in [2.05, 4.69) is 15.3 Å². The van der Waals surface area contributed by atoms with Crippen LogP contribution in [0, 0.1) is 4.91 Å². The van der Waals surface area contributed by atoms with Crippen LogP contribution >= 0.6 is 0 Å². The van der Waals surface area contributed by atoms with Gasteiger partial charge in [-0.15, -0.1) is 4.91 Å². The van der Waals surface area contributed by atoms with Gasteiger partial charge in [-0.1, -0.05) is 0 Å². The molecule has 0 bridgehead atoms. The normalized spacial score (nSPS) is 9.09. The number of nitrogen functional groups attached to an aromatic ring is 2. The summed E-state index contributed by atoms with van der Waals surface area (Å²) in [4.78, 5) is 16.9. The first-order valence-electron chi connectivity index (χ1n) is 2.71. The molecule has 0 saturated heterocycles. The Hall–Kier alpha value is -1.92. The summed E-state index contributed by atoms with van der Waals surface area (Å²) in [6, 6.07) is 1.37. The number of anilines is 3. The van der Waals surface area contributed by atoms with Gasteiger partial charge in [-0.05, 0) is 0 Å². The molecule has 11 heavy (non-hydrogen) atoms. The van der Waals surface area contributed by atoms with Crippen LogP contribution in [0.25, 0.3) is 0 Å². The quantitative estimate of drug-likeness (QED) is 0.398. The molecular formula is C4H6N6O. The lowest BCUT2D eigenvalue weighted by Crippen LogP contribution is -2.01. The Kier molecular flexibility index (Phi) is 1.81. The fourth-order valence-electron chi connectivity index (χ4n) is 0.576. The van der Waals surface area contributed by atoms with Gasteiger partial charge >= 0.3 is 0 Å². The first kappa shape index (κ1) is 7.19. The zero-order valence-electron chi connectivity index (χ0n) is 5.48. The number of nitrogens with zero attached hydrogens (tertiary/aromatic N) is 3. The number of nitrogens with two attached hydrogens (primary N) is 2. The lowest BCUT2D eigenvalue weighted by molar-refractivity contribution is 1.12. The van der Waals surface area contributed by atoms with Crippen LogP contribution in [-0.2, 0) is 0 Å². The molecule has 58 valence electrons. The van der Waals surface area contributed by atoms with Crippen molar-refractivity contribution in [1.82, 2.24) is 9.97 Å². The Bertz CT molecular complexity index is 253. The zero-order chi connectivity index (χ0) is 8.27. The second-order valence-corrected chi connectivity index (χ2v) is 1.74. The van der Waals surface area contributed by atoms with Crippen LogP contribution in [-0.4, -0.2) is 9.97 Å². The Balaban J connectivity index is 2.98. The third-order valence-corrected chi connectivity index (χ3v) is 0.911. The summed E-state index contributed by atoms with van der Waals surface area (Å²) in [6.45, 7) is 0. The molecule has 0 amide bonds. The summed E-state index contributed by atoms with van der Waals surface area (Å²) in [6.07, 6.45) is 0. The molecular weight excluding hydrogens is 148 g/mol. The van der Waals surface area contributed by atoms with E-state index in [1.54, 1.807) is 0 Å². The van der Waals surface area contributed by atoms with Gasteiger partial charge in [-0.25, -0.2) is 5.43 Å². The summed E-state index contributed by atoms with van der Waals surface area (Å²) in [7, 11) is 0. The minimum atomic E-state index is -0.00231. The fourth-order valence-corrected chi connectivity index (χ4v) is 0.576. The minimum absolute atomic E-state index is 0.00231. The second kappa shape index (κ2) is 2.78. The van der Waals surface area contributed by atoms with Gasteiger partial charge in [0, 0.05) is 6.07 Å². The number of hydrogen-bond donors (Lipinski definition) is 3. The number of nitrogens with one attached hydrogen (secondary N) is 1. The summed E-state index contributed by atoms with van der Waals surface area (Å²) in [5.41, 5.74) is 12.5. The predicted molar refractivity (Wildman–Crippen MR) is 40.3 cm³/mol. The van der Waals surface area contributed by atoms with Crippen molar-refractivity contribution in [1.29, 1.82) is 0 Å². The van der Waals surface area contributed by atoms with Gasteiger partial charge in [0.1, 0.15) is 11.6 Å². The fraction of sp³-hybridized carbons (Fsp3) is 0. The van der Waals surface area contributed by atoms with Crippen LogP contribution in [0.1, 0.15) is 0 Å². The SMILES string of the molecule is Nc1cc(N)nc(NN=O)n1. The standard InChI is InChI=1S/C4H6N6O/c5-2-1-3(6)8-4(7-2)9-10-11/h1H,(H5,5,6,7,8,9,11). The van der Waals surface area contributed by atoms with Crippen molar-refractivity contribution in [2.24, 2.45) is 5.29 Å². The van der Waals surface area contributed by atoms with Crippen LogP contribution in [0.2, 0.25) is 0 Å². The molecule has 0 atom stereocenters. The third kappa shape index (κ3) is 1.75. The zero-order valence-corrected chi connectivity index (χ0v) is 5.48. The van der Waals surface area contributed by atoms with Crippen LogP contribution in [0.5, 0.6) is 0 Å². The van der Waals surface area contributed by atoms with Gasteiger partial charge in [0.25, 0.3) is 0 Å². The van der Waals surface area contributed by atoms with E-state index in [0.29, 0.717) is 0 Å². The molecule has 0 aliphatic carbocycles. The molecule has 1 aromatic rings. The van der Waals surface area contributed by atoms with Crippen molar-refractivity contribution < 1.29 is 0 Å². The molecule has 1 heterocycles. The molecule has 0 radical (unpaired) electrons. The Morgan fingerprint density at radius 1 is 1.36 bits per heavy atom. The highest BCUT2D eigenvalue weighted by Gasteiger charge is 1.97. The Morgan fingerprint density at radius 3 is 2.36 bits per heavy atom. The van der Waals surface area contributed by atoms with Crippen molar-refractivity contribution in [2.75, 3.05) is 16.9 Å². The molecule has 0 aliphatic heterocycles. The van der Waals surface area contributed by atoms with E-state index in [4.69, 9.17) is 11.5 Å². The minimum Gasteiger partial charge on any atom is -0.383 e. The van der Waals surface area contributed by atoms with Crippen molar-refractivity contribution in [3.8, 4) is 0 Å². The van der Waals surface area contributed by atoms with Gasteiger partial charge in [-0.3, -0.25) is 0 Å². The molecule has 0 fully saturated rings. The van der Waals surface area contributed by atoms with Gasteiger partial charge in [0.2, 0.25) is 5.95 Å². The first-order valence-corrected chi connectivity index (χ1v) is 2.71. The van der Waals surface area contributed by atoms with E-state index in [9.17, 15) is 4.91 Å². The number of aromatic nitrogens is 2. The van der Waals surface area contributed by atoms with Crippen LogP contribution in [0.3, 0.4) is 0 Å². The van der Waals surface area contributed by atoms with Gasteiger partial charge < -0.3 is 11.5 Å². The third-order valence-electron chi connectivity index (χ3n) is 0.911. The maximum absolute atomic E-state index is 9.67. The predicted octanol–water partition coefficient (Wildman–Crippen LogP) is -0.266. The lowest BCUT2D eigenvalue weighted by atomic mass is 10.5. The Morgan fingerprint density at radius 2 is 1.91 bits per heavy atom. The average Bonchev–Trinajstić information content (AvgIpc) is 1.85. The largest absolute Gasteiger partial charge is 0.383 e. The molecule has 7 heteroatoms. The van der Waals surface area contributed by atoms with E-state index < -0.39 is 0 Å². The van der Waals surface area contributed by atoms with Crippen molar-refractivity contribution in [2.45, 2.75) is 0 Å². The molecule has 0 aliphatic rings. The van der Waals surface area contributed by atoms with Crippen molar-refractivity contribution >= 4 is 17.6 Å². The van der Waals surface area contributed by atoms with Crippen molar-refractivity contribution in [3.63, 3.8) is 0 Å². The highest BCUT2D eigenvalue weighted by atomic mass is 16.3. The van der Waals surface area contributed by atoms with Crippen molar-refractivity contribution in [3.05, 3.63) is 11.0 Å². The monoisotopic (exact) mass is 154 g/mol. The highest BCUT2D eigenvalue weighted by molar-refractivity contribution is 5.46. The number of hydrogen-bond acceptors (Lipinski definition) is 6. The average molecular weight is 154 g/mol. The molecule has 5 N–H and O–H groups in total. The van der Waals surface area contributed by atoms with E-state index in [0.717, 1.165) is 0 Å². The van der Waals surface area contributed by atoms with E-state index in [1.807, 2.05) is 5.43 Å². The van der Waals surface area contributed by atoms with Gasteiger partial charge in [0.15, 0.2) is 0 Å². The van der Waals surface area contributed by atoms with Gasteiger partial charge in [-0.2, -0.15) is 9.97 Å². The van der Waals surface area contributed by atoms with Crippen LogP contribution in [0.4, 0.5) is 17.6 Å². The Labute approximate surface area is 61.8 Å². The number of rotatable bonds is 2. The molecule has 0 unspecified atom stereocenters. The summed E-state index contributed by atoms with van der Waals surface area (Å²) >= 11 is 0. The second-order valence-electron chi connectivity index (χ2n) is 1.74. The first-order chi connectivity index (χ1) is 5.22. The lowest BCUT2D eigenvalue weighted by Gasteiger charge is -1.97.